The highest BCUT2D eigenvalue weighted by Gasteiger charge is 1.96. The number of halogens is 1. The summed E-state index contributed by atoms with van der Waals surface area (Å²) in [6, 6.07) is 16.1. The quantitative estimate of drug-likeness (QED) is 0.677. The van der Waals surface area contributed by atoms with Crippen LogP contribution in [0.25, 0.3) is 10.9 Å². The molecule has 4 N–H and O–H groups in total. The fourth-order valence-corrected chi connectivity index (χ4v) is 1.87. The third-order valence-electron chi connectivity index (χ3n) is 2.79. The molecule has 0 spiro atoms. The number of hydrogen-bond acceptors (Lipinski definition) is 3. The van der Waals surface area contributed by atoms with Gasteiger partial charge in [-0.05, 0) is 36.4 Å². The molecule has 5 heteroatoms. The first-order valence-electron chi connectivity index (χ1n) is 6.22. The number of nitrogens with two attached hydrogens (primary N) is 2. The molecule has 1 heterocycles. The number of nitrogen functional groups attached to an aromatic ring is 1. The van der Waals surface area contributed by atoms with E-state index in [0.29, 0.717) is 10.6 Å². The molecular weight excluding hydrogens is 286 g/mol. The maximum absolute atomic E-state index is 10.5. The number of benzene rings is 2. The highest BCUT2D eigenvalue weighted by atomic mass is 35.5. The van der Waals surface area contributed by atoms with Crippen molar-refractivity contribution >= 4 is 34.1 Å². The molecule has 106 valence electrons. The Hall–Kier alpha value is -2.59. The summed E-state index contributed by atoms with van der Waals surface area (Å²) in [7, 11) is 0. The van der Waals surface area contributed by atoms with Gasteiger partial charge in [-0.2, -0.15) is 0 Å². The molecule has 0 radical (unpaired) electrons. The Morgan fingerprint density at radius 2 is 1.67 bits per heavy atom. The molecule has 3 rings (SSSR count). The van der Waals surface area contributed by atoms with Crippen LogP contribution in [0, 0.1) is 0 Å². The Labute approximate surface area is 127 Å². The van der Waals surface area contributed by atoms with Gasteiger partial charge < -0.3 is 11.5 Å². The second-order valence-corrected chi connectivity index (χ2v) is 4.73. The average molecular weight is 300 g/mol. The predicted octanol–water partition coefficient (Wildman–Crippen LogP) is 3.26. The zero-order chi connectivity index (χ0) is 15.2. The SMILES string of the molecule is NC(=O)c1ccc(Cl)cc1.Nc1cccc2cccnc12. The van der Waals surface area contributed by atoms with E-state index < -0.39 is 5.91 Å². The van der Waals surface area contributed by atoms with Crippen LogP contribution in [0.4, 0.5) is 5.69 Å². The van der Waals surface area contributed by atoms with E-state index in [0.717, 1.165) is 16.6 Å². The Morgan fingerprint density at radius 1 is 1.00 bits per heavy atom. The predicted molar refractivity (Wildman–Crippen MR) is 86.1 cm³/mol. The normalized spacial score (nSPS) is 9.76. The summed E-state index contributed by atoms with van der Waals surface area (Å²) in [5.74, 6) is -0.434. The number of fused-ring (bicyclic) bond motifs is 1. The molecule has 0 unspecified atom stereocenters. The van der Waals surface area contributed by atoms with Gasteiger partial charge in [0, 0.05) is 22.2 Å². The Morgan fingerprint density at radius 3 is 2.29 bits per heavy atom. The molecule has 0 atom stereocenters. The fraction of sp³-hybridized carbons (Fsp3) is 0. The van der Waals surface area contributed by atoms with Crippen LogP contribution in [-0.2, 0) is 0 Å². The third-order valence-corrected chi connectivity index (χ3v) is 3.04. The second-order valence-electron chi connectivity index (χ2n) is 4.29. The van der Waals surface area contributed by atoms with Gasteiger partial charge in [-0.1, -0.05) is 29.8 Å². The lowest BCUT2D eigenvalue weighted by Gasteiger charge is -1.97. The van der Waals surface area contributed by atoms with Gasteiger partial charge in [0.15, 0.2) is 0 Å². The first-order chi connectivity index (χ1) is 10.1. The molecule has 1 amide bonds. The van der Waals surface area contributed by atoms with Crippen molar-refractivity contribution < 1.29 is 4.79 Å². The molecule has 3 aromatic rings. The van der Waals surface area contributed by atoms with Crippen molar-refractivity contribution in [2.45, 2.75) is 0 Å². The van der Waals surface area contributed by atoms with Crippen LogP contribution in [0.1, 0.15) is 10.4 Å². The smallest absolute Gasteiger partial charge is 0.248 e. The van der Waals surface area contributed by atoms with E-state index in [9.17, 15) is 4.79 Å². The van der Waals surface area contributed by atoms with Crippen LogP contribution in [-0.4, -0.2) is 10.9 Å². The first-order valence-corrected chi connectivity index (χ1v) is 6.60. The molecule has 1 aromatic heterocycles. The number of primary amides is 1. The van der Waals surface area contributed by atoms with Crippen LogP contribution < -0.4 is 11.5 Å². The standard InChI is InChI=1S/C9H8N2.C7H6ClNO/c10-8-5-1-3-7-4-2-6-11-9(7)8;8-6-3-1-5(2-4-6)7(9)10/h1-6H,10H2;1-4H,(H2,9,10). The number of para-hydroxylation sites is 1. The minimum atomic E-state index is -0.434. The van der Waals surface area contributed by atoms with Gasteiger partial charge in [-0.3, -0.25) is 9.78 Å². The monoisotopic (exact) mass is 299 g/mol. The highest BCUT2D eigenvalue weighted by molar-refractivity contribution is 6.30. The number of anilines is 1. The van der Waals surface area contributed by atoms with E-state index in [1.54, 1.807) is 30.5 Å². The zero-order valence-corrected chi connectivity index (χ0v) is 11.9. The number of rotatable bonds is 1. The fourth-order valence-electron chi connectivity index (χ4n) is 1.74. The summed E-state index contributed by atoms with van der Waals surface area (Å²) in [6.07, 6.45) is 1.75. The molecule has 4 nitrogen and oxygen atoms in total. The summed E-state index contributed by atoms with van der Waals surface area (Å²) in [4.78, 5) is 14.6. The molecule has 0 aliphatic heterocycles. The van der Waals surface area contributed by atoms with Crippen LogP contribution in [0.2, 0.25) is 5.02 Å². The lowest BCUT2D eigenvalue weighted by molar-refractivity contribution is 0.100. The number of carbonyl (C=O) groups is 1. The topological polar surface area (TPSA) is 82.0 Å². The van der Waals surface area contributed by atoms with Crippen LogP contribution in [0.15, 0.2) is 60.8 Å². The van der Waals surface area contributed by atoms with Gasteiger partial charge in [-0.15, -0.1) is 0 Å². The first kappa shape index (κ1) is 14.8. The lowest BCUT2D eigenvalue weighted by Crippen LogP contribution is -2.10. The van der Waals surface area contributed by atoms with Gasteiger partial charge in [-0.25, -0.2) is 0 Å². The summed E-state index contributed by atoms with van der Waals surface area (Å²) < 4.78 is 0. The minimum Gasteiger partial charge on any atom is -0.397 e. The molecule has 2 aromatic carbocycles. The van der Waals surface area contributed by atoms with Gasteiger partial charge in [0.2, 0.25) is 5.91 Å². The van der Waals surface area contributed by atoms with E-state index >= 15 is 0 Å². The molecule has 0 bridgehead atoms. The Bertz CT molecular complexity index is 752. The van der Waals surface area contributed by atoms with E-state index in [4.69, 9.17) is 23.1 Å². The van der Waals surface area contributed by atoms with Crippen LogP contribution >= 0.6 is 11.6 Å². The maximum Gasteiger partial charge on any atom is 0.248 e. The van der Waals surface area contributed by atoms with Crippen LogP contribution in [0.3, 0.4) is 0 Å². The molecule has 0 fully saturated rings. The summed E-state index contributed by atoms with van der Waals surface area (Å²) >= 11 is 5.56. The molecular formula is C16H14ClN3O. The molecule has 0 saturated heterocycles. The maximum atomic E-state index is 10.5. The van der Waals surface area contributed by atoms with E-state index in [2.05, 4.69) is 4.98 Å². The van der Waals surface area contributed by atoms with Gasteiger partial charge in [0.25, 0.3) is 0 Å². The van der Waals surface area contributed by atoms with Crippen molar-refractivity contribution in [1.82, 2.24) is 4.98 Å². The summed E-state index contributed by atoms with van der Waals surface area (Å²) in [5.41, 5.74) is 12.8. The summed E-state index contributed by atoms with van der Waals surface area (Å²) in [5, 5.41) is 1.69. The lowest BCUT2D eigenvalue weighted by atomic mass is 10.2. The number of pyridine rings is 1. The number of carbonyl (C=O) groups excluding carboxylic acids is 1. The van der Waals surface area contributed by atoms with Gasteiger partial charge >= 0.3 is 0 Å². The average Bonchev–Trinajstić information content (AvgIpc) is 2.49. The van der Waals surface area contributed by atoms with Gasteiger partial charge in [0.05, 0.1) is 11.2 Å². The third kappa shape index (κ3) is 3.94. The van der Waals surface area contributed by atoms with Gasteiger partial charge in [0.1, 0.15) is 0 Å². The number of amides is 1. The Balaban J connectivity index is 0.000000155. The summed E-state index contributed by atoms with van der Waals surface area (Å²) in [6.45, 7) is 0. The largest absolute Gasteiger partial charge is 0.397 e. The Kier molecular flexibility index (Phi) is 4.74. The zero-order valence-electron chi connectivity index (χ0n) is 11.2. The van der Waals surface area contributed by atoms with Crippen LogP contribution in [0.5, 0.6) is 0 Å². The van der Waals surface area contributed by atoms with Crippen molar-refractivity contribution in [3.05, 3.63) is 71.4 Å². The molecule has 0 aliphatic rings. The van der Waals surface area contributed by atoms with Crippen molar-refractivity contribution in [2.75, 3.05) is 5.73 Å². The van der Waals surface area contributed by atoms with E-state index in [-0.39, 0.29) is 0 Å². The van der Waals surface area contributed by atoms with Crippen molar-refractivity contribution in [3.8, 4) is 0 Å². The van der Waals surface area contributed by atoms with E-state index in [1.165, 1.54) is 0 Å². The van der Waals surface area contributed by atoms with Crippen molar-refractivity contribution in [1.29, 1.82) is 0 Å². The van der Waals surface area contributed by atoms with Crippen molar-refractivity contribution in [2.24, 2.45) is 5.73 Å². The number of aromatic nitrogens is 1. The number of hydrogen-bond donors (Lipinski definition) is 2. The molecule has 21 heavy (non-hydrogen) atoms. The molecule has 0 saturated carbocycles. The second kappa shape index (κ2) is 6.72. The molecule has 0 aliphatic carbocycles. The van der Waals surface area contributed by atoms with E-state index in [1.807, 2.05) is 30.3 Å². The highest BCUT2D eigenvalue weighted by Crippen LogP contribution is 2.16. The van der Waals surface area contributed by atoms with Crippen molar-refractivity contribution in [3.63, 3.8) is 0 Å². The number of nitrogens with zero attached hydrogens (tertiary/aromatic N) is 1. The minimum absolute atomic E-state index is 0.434.